The van der Waals surface area contributed by atoms with Crippen molar-refractivity contribution in [2.45, 2.75) is 6.92 Å². The minimum Gasteiger partial charge on any atom is -0.506 e. The van der Waals surface area contributed by atoms with Crippen LogP contribution in [0.4, 0.5) is 5.69 Å². The molecule has 0 saturated carbocycles. The zero-order chi connectivity index (χ0) is 22.4. The van der Waals surface area contributed by atoms with Crippen molar-refractivity contribution in [2.24, 2.45) is 4.99 Å². The molecule has 3 rings (SSSR count). The van der Waals surface area contributed by atoms with E-state index in [4.69, 9.17) is 18.9 Å². The van der Waals surface area contributed by atoms with Crippen LogP contribution in [0.3, 0.4) is 0 Å². The highest BCUT2D eigenvalue weighted by atomic mass is 32.2. The molecule has 1 aliphatic heterocycles. The standard InChI is InChI=1S/C23H23NO6S/c1-5-30-23(26)20-21(25)19(11-14-9-10-17(28-3)13-18(14)29-4)31-22(20)24-15-7-6-8-16(12-15)27-2/h6-13,25H,5H2,1-4H3/b19-11+,24-22?. The van der Waals surface area contributed by atoms with E-state index in [0.717, 1.165) is 0 Å². The second-order valence-corrected chi connectivity index (χ2v) is 7.31. The number of nitrogens with zero attached hydrogens (tertiary/aromatic N) is 1. The molecule has 0 radical (unpaired) electrons. The van der Waals surface area contributed by atoms with E-state index in [0.29, 0.717) is 38.4 Å². The lowest BCUT2D eigenvalue weighted by Crippen LogP contribution is -2.12. The molecule has 162 valence electrons. The van der Waals surface area contributed by atoms with E-state index in [1.54, 1.807) is 76.8 Å². The number of hydrogen-bond donors (Lipinski definition) is 1. The average Bonchev–Trinajstić information content (AvgIpc) is 3.08. The van der Waals surface area contributed by atoms with E-state index < -0.39 is 5.97 Å². The normalized spacial score (nSPS) is 16.0. The Morgan fingerprint density at radius 3 is 2.48 bits per heavy atom. The van der Waals surface area contributed by atoms with Gasteiger partial charge in [0.1, 0.15) is 33.6 Å². The Morgan fingerprint density at radius 1 is 1.06 bits per heavy atom. The van der Waals surface area contributed by atoms with Gasteiger partial charge in [0, 0.05) is 17.7 Å². The first-order valence-electron chi connectivity index (χ1n) is 9.46. The van der Waals surface area contributed by atoms with Gasteiger partial charge in [-0.3, -0.25) is 0 Å². The summed E-state index contributed by atoms with van der Waals surface area (Å²) in [7, 11) is 4.69. The third-order valence-electron chi connectivity index (χ3n) is 4.38. The van der Waals surface area contributed by atoms with Gasteiger partial charge in [0.15, 0.2) is 0 Å². The van der Waals surface area contributed by atoms with Crippen LogP contribution in [-0.4, -0.2) is 44.1 Å². The van der Waals surface area contributed by atoms with Crippen molar-refractivity contribution in [1.29, 1.82) is 0 Å². The van der Waals surface area contributed by atoms with Crippen LogP contribution in [0.1, 0.15) is 12.5 Å². The van der Waals surface area contributed by atoms with Gasteiger partial charge in [-0.05, 0) is 37.3 Å². The Bertz CT molecular complexity index is 1070. The van der Waals surface area contributed by atoms with Crippen LogP contribution >= 0.6 is 11.8 Å². The first-order chi connectivity index (χ1) is 15.0. The van der Waals surface area contributed by atoms with Crippen LogP contribution < -0.4 is 14.2 Å². The summed E-state index contributed by atoms with van der Waals surface area (Å²) < 4.78 is 21.0. The summed E-state index contributed by atoms with van der Waals surface area (Å²) in [5, 5.41) is 11.2. The smallest absolute Gasteiger partial charge is 0.344 e. The molecule has 31 heavy (non-hydrogen) atoms. The summed E-state index contributed by atoms with van der Waals surface area (Å²) in [6.45, 7) is 1.88. The number of ether oxygens (including phenoxy) is 4. The second kappa shape index (κ2) is 10.1. The lowest BCUT2D eigenvalue weighted by molar-refractivity contribution is -0.138. The quantitative estimate of drug-likeness (QED) is 0.611. The predicted molar refractivity (Wildman–Crippen MR) is 121 cm³/mol. The summed E-state index contributed by atoms with van der Waals surface area (Å²) in [5.74, 6) is 1.01. The van der Waals surface area contributed by atoms with Gasteiger partial charge >= 0.3 is 5.97 Å². The molecule has 1 aliphatic rings. The third kappa shape index (κ3) is 5.03. The molecule has 0 aliphatic carbocycles. The maximum atomic E-state index is 12.6. The molecular weight excluding hydrogens is 418 g/mol. The van der Waals surface area contributed by atoms with Crippen molar-refractivity contribution in [2.75, 3.05) is 27.9 Å². The Hall–Kier alpha value is -3.39. The molecule has 7 nitrogen and oxygen atoms in total. The highest BCUT2D eigenvalue weighted by molar-refractivity contribution is 8.18. The lowest BCUT2D eigenvalue weighted by atomic mass is 10.1. The SMILES string of the molecule is CCOC(=O)C1=C(O)/C(=C\c2ccc(OC)cc2OC)SC1=Nc1cccc(OC)c1. The number of carbonyl (C=O) groups excluding carboxylic acids is 1. The summed E-state index contributed by atoms with van der Waals surface area (Å²) in [6.07, 6.45) is 1.73. The molecule has 1 N–H and O–H groups in total. The first-order valence-corrected chi connectivity index (χ1v) is 10.3. The van der Waals surface area contributed by atoms with Crippen molar-refractivity contribution in [1.82, 2.24) is 0 Å². The molecule has 0 atom stereocenters. The third-order valence-corrected chi connectivity index (χ3v) is 5.40. The highest BCUT2D eigenvalue weighted by Crippen LogP contribution is 2.41. The van der Waals surface area contributed by atoms with E-state index >= 15 is 0 Å². The van der Waals surface area contributed by atoms with Crippen molar-refractivity contribution >= 4 is 34.5 Å². The Balaban J connectivity index is 2.06. The van der Waals surface area contributed by atoms with Gasteiger partial charge in [-0.25, -0.2) is 9.79 Å². The van der Waals surface area contributed by atoms with Gasteiger partial charge in [0.2, 0.25) is 0 Å². The molecule has 2 aromatic carbocycles. The number of aliphatic hydroxyl groups is 1. The maximum absolute atomic E-state index is 12.6. The molecular formula is C23H23NO6S. The number of thioether (sulfide) groups is 1. The fourth-order valence-electron chi connectivity index (χ4n) is 2.87. The zero-order valence-corrected chi connectivity index (χ0v) is 18.5. The molecule has 8 heteroatoms. The van der Waals surface area contributed by atoms with Crippen LogP contribution in [-0.2, 0) is 9.53 Å². The van der Waals surface area contributed by atoms with Gasteiger partial charge in [0.05, 0.1) is 38.5 Å². The van der Waals surface area contributed by atoms with Crippen molar-refractivity contribution in [3.05, 3.63) is 64.3 Å². The van der Waals surface area contributed by atoms with Crippen LogP contribution in [0.2, 0.25) is 0 Å². The number of methoxy groups -OCH3 is 3. The predicted octanol–water partition coefficient (Wildman–Crippen LogP) is 4.91. The number of rotatable bonds is 7. The van der Waals surface area contributed by atoms with E-state index in [2.05, 4.69) is 4.99 Å². The molecule has 1 heterocycles. The zero-order valence-electron chi connectivity index (χ0n) is 17.7. The Morgan fingerprint density at radius 2 is 1.81 bits per heavy atom. The van der Waals surface area contributed by atoms with Crippen molar-refractivity contribution in [3.63, 3.8) is 0 Å². The molecule has 0 aromatic heterocycles. The van der Waals surface area contributed by atoms with E-state index in [1.165, 1.54) is 11.8 Å². The number of aliphatic imine (C=N–C) groups is 1. The van der Waals surface area contributed by atoms with Crippen LogP contribution in [0.15, 0.2) is 63.7 Å². The fraction of sp³-hybridized carbons (Fsp3) is 0.217. The van der Waals surface area contributed by atoms with Gasteiger partial charge in [-0.1, -0.05) is 17.8 Å². The van der Waals surface area contributed by atoms with Crippen LogP contribution in [0.5, 0.6) is 17.2 Å². The monoisotopic (exact) mass is 441 g/mol. The van der Waals surface area contributed by atoms with E-state index in [9.17, 15) is 9.90 Å². The molecule has 0 saturated heterocycles. The molecule has 2 aromatic rings. The maximum Gasteiger partial charge on any atom is 0.344 e. The molecule has 0 amide bonds. The molecule has 0 spiro atoms. The Labute approximate surface area is 185 Å². The number of hydrogen-bond acceptors (Lipinski definition) is 8. The summed E-state index contributed by atoms with van der Waals surface area (Å²) in [5.41, 5.74) is 1.32. The molecule has 0 unspecified atom stereocenters. The highest BCUT2D eigenvalue weighted by Gasteiger charge is 2.33. The number of benzene rings is 2. The summed E-state index contributed by atoms with van der Waals surface area (Å²) in [6, 6.07) is 12.4. The number of esters is 1. The topological polar surface area (TPSA) is 86.6 Å². The minimum absolute atomic E-state index is 0.0217. The van der Waals surface area contributed by atoms with Crippen molar-refractivity contribution in [3.8, 4) is 17.2 Å². The van der Waals surface area contributed by atoms with Gasteiger partial charge in [-0.15, -0.1) is 0 Å². The van der Waals surface area contributed by atoms with Gasteiger partial charge in [0.25, 0.3) is 0 Å². The van der Waals surface area contributed by atoms with E-state index in [1.807, 2.05) is 0 Å². The number of aliphatic hydroxyl groups excluding tert-OH is 1. The molecule has 0 fully saturated rings. The average molecular weight is 442 g/mol. The van der Waals surface area contributed by atoms with Gasteiger partial charge in [-0.2, -0.15) is 0 Å². The van der Waals surface area contributed by atoms with E-state index in [-0.39, 0.29) is 17.9 Å². The lowest BCUT2D eigenvalue weighted by Gasteiger charge is -2.08. The summed E-state index contributed by atoms with van der Waals surface area (Å²) in [4.78, 5) is 17.6. The van der Waals surface area contributed by atoms with Crippen molar-refractivity contribution < 1.29 is 28.8 Å². The van der Waals surface area contributed by atoms with Crippen LogP contribution in [0, 0.1) is 0 Å². The fourth-order valence-corrected chi connectivity index (χ4v) is 3.89. The first kappa shape index (κ1) is 22.3. The number of carbonyl (C=O) groups is 1. The second-order valence-electron chi connectivity index (χ2n) is 6.28. The largest absolute Gasteiger partial charge is 0.506 e. The van der Waals surface area contributed by atoms with Gasteiger partial charge < -0.3 is 24.1 Å². The minimum atomic E-state index is -0.640. The summed E-state index contributed by atoms with van der Waals surface area (Å²) >= 11 is 1.17. The molecule has 0 bridgehead atoms. The Kier molecular flexibility index (Phi) is 7.25. The van der Waals surface area contributed by atoms with Crippen LogP contribution in [0.25, 0.3) is 6.08 Å².